The highest BCUT2D eigenvalue weighted by molar-refractivity contribution is 7.80. The Labute approximate surface area is 105 Å². The fraction of sp³-hybridized carbons (Fsp3) is 0.154. The van der Waals surface area contributed by atoms with Gasteiger partial charge in [0.25, 0.3) is 0 Å². The van der Waals surface area contributed by atoms with Gasteiger partial charge in [0.1, 0.15) is 5.75 Å². The fourth-order valence-electron chi connectivity index (χ4n) is 1.58. The first-order valence-electron chi connectivity index (χ1n) is 5.12. The highest BCUT2D eigenvalue weighted by Crippen LogP contribution is 2.30. The second-order valence-electron chi connectivity index (χ2n) is 3.49. The van der Waals surface area contributed by atoms with Crippen LogP contribution in [-0.4, -0.2) is 19.7 Å². The highest BCUT2D eigenvalue weighted by Gasteiger charge is 2.07. The van der Waals surface area contributed by atoms with Gasteiger partial charge in [-0.15, -0.1) is 12.6 Å². The van der Waals surface area contributed by atoms with Gasteiger partial charge in [0.15, 0.2) is 6.61 Å². The third kappa shape index (κ3) is 2.53. The summed E-state index contributed by atoms with van der Waals surface area (Å²) in [6.45, 7) is -0.0909. The second kappa shape index (κ2) is 5.10. The molecule has 4 heteroatoms. The van der Waals surface area contributed by atoms with Crippen molar-refractivity contribution >= 4 is 29.4 Å². The highest BCUT2D eigenvalue weighted by atomic mass is 32.1. The molecule has 17 heavy (non-hydrogen) atoms. The molecule has 2 aromatic carbocycles. The van der Waals surface area contributed by atoms with E-state index in [2.05, 4.69) is 17.4 Å². The van der Waals surface area contributed by atoms with Crippen molar-refractivity contribution in [3.63, 3.8) is 0 Å². The van der Waals surface area contributed by atoms with Crippen molar-refractivity contribution in [3.05, 3.63) is 36.4 Å². The smallest absolute Gasteiger partial charge is 0.343 e. The third-order valence-electron chi connectivity index (χ3n) is 2.43. The van der Waals surface area contributed by atoms with E-state index in [4.69, 9.17) is 4.74 Å². The lowest BCUT2D eigenvalue weighted by Gasteiger charge is -2.09. The number of ether oxygens (including phenoxy) is 2. The minimum atomic E-state index is -0.399. The number of fused-ring (bicyclic) bond motifs is 1. The van der Waals surface area contributed by atoms with Crippen molar-refractivity contribution in [2.45, 2.75) is 4.90 Å². The normalized spacial score (nSPS) is 10.2. The Morgan fingerprint density at radius 2 is 1.88 bits per heavy atom. The van der Waals surface area contributed by atoms with E-state index in [1.165, 1.54) is 7.11 Å². The van der Waals surface area contributed by atoms with Crippen LogP contribution in [-0.2, 0) is 9.53 Å². The minimum absolute atomic E-state index is 0.0909. The first-order valence-corrected chi connectivity index (χ1v) is 5.57. The summed E-state index contributed by atoms with van der Waals surface area (Å²) >= 11 is 4.38. The van der Waals surface area contributed by atoms with Gasteiger partial charge >= 0.3 is 5.97 Å². The van der Waals surface area contributed by atoms with Crippen LogP contribution in [0.2, 0.25) is 0 Å². The SMILES string of the molecule is COC(=O)COc1ccc(S)c2ccccc12. The van der Waals surface area contributed by atoms with Crippen LogP contribution in [0.4, 0.5) is 0 Å². The Morgan fingerprint density at radius 1 is 1.18 bits per heavy atom. The lowest BCUT2D eigenvalue weighted by Crippen LogP contribution is -2.12. The van der Waals surface area contributed by atoms with Crippen molar-refractivity contribution in [1.82, 2.24) is 0 Å². The fourth-order valence-corrected chi connectivity index (χ4v) is 1.85. The number of thiol groups is 1. The number of esters is 1. The topological polar surface area (TPSA) is 35.5 Å². The van der Waals surface area contributed by atoms with E-state index in [1.807, 2.05) is 30.3 Å². The van der Waals surface area contributed by atoms with Gasteiger partial charge in [-0.1, -0.05) is 24.3 Å². The molecular formula is C13H12O3S. The molecule has 0 saturated carbocycles. The largest absolute Gasteiger partial charge is 0.481 e. The molecule has 0 radical (unpaired) electrons. The van der Waals surface area contributed by atoms with E-state index >= 15 is 0 Å². The Bertz CT molecular complexity index is 551. The van der Waals surface area contributed by atoms with Crippen LogP contribution in [0.1, 0.15) is 0 Å². The van der Waals surface area contributed by atoms with Gasteiger partial charge in [0.2, 0.25) is 0 Å². The monoisotopic (exact) mass is 248 g/mol. The molecule has 2 aromatic rings. The number of carbonyl (C=O) groups excluding carboxylic acids is 1. The Morgan fingerprint density at radius 3 is 2.59 bits per heavy atom. The van der Waals surface area contributed by atoms with Gasteiger partial charge in [-0.2, -0.15) is 0 Å². The number of hydrogen-bond acceptors (Lipinski definition) is 4. The predicted molar refractivity (Wildman–Crippen MR) is 68.7 cm³/mol. The summed E-state index contributed by atoms with van der Waals surface area (Å²) in [5, 5.41) is 1.93. The first kappa shape index (κ1) is 11.8. The maximum absolute atomic E-state index is 11.0. The average molecular weight is 248 g/mol. The standard InChI is InChI=1S/C13H12O3S/c1-15-13(14)8-16-11-6-7-12(17)10-5-3-2-4-9(10)11/h2-7,17H,8H2,1H3. The molecule has 0 aromatic heterocycles. The van der Waals surface area contributed by atoms with Crippen LogP contribution in [0.15, 0.2) is 41.3 Å². The second-order valence-corrected chi connectivity index (χ2v) is 3.98. The zero-order valence-corrected chi connectivity index (χ0v) is 10.2. The third-order valence-corrected chi connectivity index (χ3v) is 2.82. The maximum Gasteiger partial charge on any atom is 0.343 e. The Kier molecular flexibility index (Phi) is 3.54. The Hall–Kier alpha value is -1.68. The molecule has 0 aliphatic heterocycles. The maximum atomic E-state index is 11.0. The predicted octanol–water partition coefficient (Wildman–Crippen LogP) is 2.68. The molecule has 0 N–H and O–H groups in total. The van der Waals surface area contributed by atoms with Gasteiger partial charge < -0.3 is 9.47 Å². The van der Waals surface area contributed by atoms with Crippen LogP contribution < -0.4 is 4.74 Å². The molecule has 0 heterocycles. The molecule has 0 bridgehead atoms. The lowest BCUT2D eigenvalue weighted by molar-refractivity contribution is -0.142. The first-order chi connectivity index (χ1) is 8.22. The minimum Gasteiger partial charge on any atom is -0.481 e. The van der Waals surface area contributed by atoms with Crippen LogP contribution in [0, 0.1) is 0 Å². The molecule has 0 atom stereocenters. The van der Waals surface area contributed by atoms with Crippen molar-refractivity contribution < 1.29 is 14.3 Å². The van der Waals surface area contributed by atoms with Crippen molar-refractivity contribution in [2.24, 2.45) is 0 Å². The molecule has 0 amide bonds. The van der Waals surface area contributed by atoms with Crippen LogP contribution >= 0.6 is 12.6 Å². The zero-order chi connectivity index (χ0) is 12.3. The number of carbonyl (C=O) groups is 1. The van der Waals surface area contributed by atoms with E-state index in [1.54, 1.807) is 6.07 Å². The van der Waals surface area contributed by atoms with Gasteiger partial charge in [-0.25, -0.2) is 4.79 Å². The molecule has 0 unspecified atom stereocenters. The molecule has 0 aliphatic carbocycles. The van der Waals surface area contributed by atoms with E-state index < -0.39 is 5.97 Å². The summed E-state index contributed by atoms with van der Waals surface area (Å²) in [6, 6.07) is 11.4. The molecule has 2 rings (SSSR count). The van der Waals surface area contributed by atoms with Crippen LogP contribution in [0.5, 0.6) is 5.75 Å². The number of rotatable bonds is 3. The van der Waals surface area contributed by atoms with Gasteiger partial charge in [-0.05, 0) is 17.5 Å². The lowest BCUT2D eigenvalue weighted by atomic mass is 10.1. The summed E-state index contributed by atoms with van der Waals surface area (Å²) in [6.07, 6.45) is 0. The molecule has 0 spiro atoms. The van der Waals surface area contributed by atoms with Crippen LogP contribution in [0.3, 0.4) is 0 Å². The molecule has 3 nitrogen and oxygen atoms in total. The zero-order valence-electron chi connectivity index (χ0n) is 9.34. The van der Waals surface area contributed by atoms with E-state index in [0.717, 1.165) is 15.7 Å². The summed E-state index contributed by atoms with van der Waals surface area (Å²) < 4.78 is 9.95. The van der Waals surface area contributed by atoms with E-state index in [9.17, 15) is 4.79 Å². The molecular weight excluding hydrogens is 236 g/mol. The molecule has 0 fully saturated rings. The summed E-state index contributed by atoms with van der Waals surface area (Å²) in [4.78, 5) is 11.9. The number of benzene rings is 2. The van der Waals surface area contributed by atoms with Crippen molar-refractivity contribution in [2.75, 3.05) is 13.7 Å². The summed E-state index contributed by atoms with van der Waals surface area (Å²) in [5.41, 5.74) is 0. The molecule has 0 saturated heterocycles. The van der Waals surface area contributed by atoms with Crippen molar-refractivity contribution in [1.29, 1.82) is 0 Å². The van der Waals surface area contributed by atoms with Crippen molar-refractivity contribution in [3.8, 4) is 5.75 Å². The number of methoxy groups -OCH3 is 1. The van der Waals surface area contributed by atoms with E-state index in [0.29, 0.717) is 5.75 Å². The summed E-state index contributed by atoms with van der Waals surface area (Å²) in [5.74, 6) is 0.257. The van der Waals surface area contributed by atoms with Crippen LogP contribution in [0.25, 0.3) is 10.8 Å². The van der Waals surface area contributed by atoms with Gasteiger partial charge in [-0.3, -0.25) is 0 Å². The Balaban J connectivity index is 2.35. The quantitative estimate of drug-likeness (QED) is 0.670. The molecule has 0 aliphatic rings. The average Bonchev–Trinajstić information content (AvgIpc) is 2.38. The number of hydrogen-bond donors (Lipinski definition) is 1. The summed E-state index contributed by atoms with van der Waals surface area (Å²) in [7, 11) is 1.33. The molecule has 88 valence electrons. The van der Waals surface area contributed by atoms with Gasteiger partial charge in [0, 0.05) is 10.3 Å². The van der Waals surface area contributed by atoms with E-state index in [-0.39, 0.29) is 6.61 Å². The van der Waals surface area contributed by atoms with Gasteiger partial charge in [0.05, 0.1) is 7.11 Å².